The molecule has 19 heavy (non-hydrogen) atoms. The molecule has 0 saturated carbocycles. The van der Waals surface area contributed by atoms with Gasteiger partial charge in [0.1, 0.15) is 0 Å². The number of hydrogen-bond donors (Lipinski definition) is 2. The predicted molar refractivity (Wildman–Crippen MR) is 80.4 cm³/mol. The van der Waals surface area contributed by atoms with Gasteiger partial charge in [-0.2, -0.15) is 0 Å². The standard InChI is InChI=1S/C13H14BrFN2OS/c1-18-11-6-8(2-3-9(11)15)17-10(7-16)12-4-5-13(14)19-12/h2-6,10,17H,7,16H2,1H3. The molecule has 0 aliphatic carbocycles. The molecule has 0 saturated heterocycles. The number of nitrogens with one attached hydrogen (secondary N) is 1. The molecule has 0 aliphatic heterocycles. The van der Waals surface area contributed by atoms with E-state index in [-0.39, 0.29) is 17.6 Å². The Morgan fingerprint density at radius 1 is 1.42 bits per heavy atom. The fraction of sp³-hybridized carbons (Fsp3) is 0.231. The number of methoxy groups -OCH3 is 1. The van der Waals surface area contributed by atoms with E-state index in [1.165, 1.54) is 13.2 Å². The van der Waals surface area contributed by atoms with Crippen molar-refractivity contribution in [2.45, 2.75) is 6.04 Å². The Labute approximate surface area is 123 Å². The quantitative estimate of drug-likeness (QED) is 0.867. The van der Waals surface area contributed by atoms with E-state index in [2.05, 4.69) is 21.2 Å². The fourth-order valence-electron chi connectivity index (χ4n) is 1.71. The molecule has 0 aliphatic rings. The summed E-state index contributed by atoms with van der Waals surface area (Å²) in [6.07, 6.45) is 0. The summed E-state index contributed by atoms with van der Waals surface area (Å²) in [5.74, 6) is -0.163. The van der Waals surface area contributed by atoms with Crippen molar-refractivity contribution in [3.8, 4) is 5.75 Å². The molecule has 0 spiro atoms. The van der Waals surface area contributed by atoms with E-state index in [4.69, 9.17) is 10.5 Å². The van der Waals surface area contributed by atoms with Gasteiger partial charge in [-0.25, -0.2) is 4.39 Å². The molecular formula is C13H14BrFN2OS. The smallest absolute Gasteiger partial charge is 0.165 e. The van der Waals surface area contributed by atoms with Crippen LogP contribution in [0.15, 0.2) is 34.1 Å². The lowest BCUT2D eigenvalue weighted by Gasteiger charge is -2.17. The van der Waals surface area contributed by atoms with Gasteiger partial charge in [0, 0.05) is 23.2 Å². The SMILES string of the molecule is COc1cc(NC(CN)c2ccc(Br)s2)ccc1F. The van der Waals surface area contributed by atoms with Gasteiger partial charge < -0.3 is 15.8 Å². The van der Waals surface area contributed by atoms with Crippen LogP contribution in [0.3, 0.4) is 0 Å². The Bertz CT molecular complexity index is 561. The molecule has 6 heteroatoms. The lowest BCUT2D eigenvalue weighted by molar-refractivity contribution is 0.387. The third kappa shape index (κ3) is 3.46. The van der Waals surface area contributed by atoms with Crippen LogP contribution in [0, 0.1) is 5.82 Å². The molecule has 0 radical (unpaired) electrons. The van der Waals surface area contributed by atoms with Crippen molar-refractivity contribution >= 4 is 33.0 Å². The van der Waals surface area contributed by atoms with Gasteiger partial charge in [0.15, 0.2) is 11.6 Å². The van der Waals surface area contributed by atoms with Crippen molar-refractivity contribution in [3.63, 3.8) is 0 Å². The van der Waals surface area contributed by atoms with Gasteiger partial charge in [-0.05, 0) is 40.2 Å². The summed E-state index contributed by atoms with van der Waals surface area (Å²) in [5, 5.41) is 3.28. The van der Waals surface area contributed by atoms with Crippen LogP contribution < -0.4 is 15.8 Å². The number of halogens is 2. The number of thiophene rings is 1. The zero-order valence-corrected chi connectivity index (χ0v) is 12.7. The summed E-state index contributed by atoms with van der Waals surface area (Å²) in [5.41, 5.74) is 6.56. The molecule has 2 aromatic rings. The topological polar surface area (TPSA) is 47.3 Å². The highest BCUT2D eigenvalue weighted by Crippen LogP contribution is 2.30. The minimum Gasteiger partial charge on any atom is -0.494 e. The maximum Gasteiger partial charge on any atom is 0.165 e. The average Bonchev–Trinajstić information content (AvgIpc) is 2.84. The van der Waals surface area contributed by atoms with E-state index in [0.717, 1.165) is 14.4 Å². The van der Waals surface area contributed by atoms with E-state index < -0.39 is 0 Å². The number of rotatable bonds is 5. The second-order valence-corrected chi connectivity index (χ2v) is 6.42. The molecule has 0 amide bonds. The van der Waals surface area contributed by atoms with Crippen LogP contribution in [-0.2, 0) is 0 Å². The summed E-state index contributed by atoms with van der Waals surface area (Å²) < 4.78 is 19.3. The van der Waals surface area contributed by atoms with Crippen molar-refractivity contribution in [1.82, 2.24) is 0 Å². The normalized spacial score (nSPS) is 12.2. The van der Waals surface area contributed by atoms with Crippen molar-refractivity contribution in [2.75, 3.05) is 19.0 Å². The Morgan fingerprint density at radius 2 is 2.21 bits per heavy atom. The van der Waals surface area contributed by atoms with E-state index >= 15 is 0 Å². The number of ether oxygens (including phenoxy) is 1. The molecule has 1 heterocycles. The van der Waals surface area contributed by atoms with Gasteiger partial charge in [-0.15, -0.1) is 11.3 Å². The molecule has 3 N–H and O–H groups in total. The van der Waals surface area contributed by atoms with Gasteiger partial charge in [0.05, 0.1) is 16.9 Å². The third-order valence-electron chi connectivity index (χ3n) is 2.67. The number of anilines is 1. The van der Waals surface area contributed by atoms with Crippen LogP contribution in [-0.4, -0.2) is 13.7 Å². The molecule has 1 aromatic carbocycles. The molecule has 0 fully saturated rings. The van der Waals surface area contributed by atoms with E-state index in [1.807, 2.05) is 12.1 Å². The highest BCUT2D eigenvalue weighted by Gasteiger charge is 2.13. The van der Waals surface area contributed by atoms with E-state index in [0.29, 0.717) is 6.54 Å². The second-order valence-electron chi connectivity index (χ2n) is 3.92. The van der Waals surface area contributed by atoms with Gasteiger partial charge in [0.25, 0.3) is 0 Å². The first-order valence-electron chi connectivity index (χ1n) is 5.69. The zero-order chi connectivity index (χ0) is 13.8. The van der Waals surface area contributed by atoms with Crippen molar-refractivity contribution < 1.29 is 9.13 Å². The number of benzene rings is 1. The first-order valence-corrected chi connectivity index (χ1v) is 7.30. The first kappa shape index (κ1) is 14.3. The summed E-state index contributed by atoms with van der Waals surface area (Å²) in [6.45, 7) is 0.451. The molecule has 0 bridgehead atoms. The van der Waals surface area contributed by atoms with Crippen molar-refractivity contribution in [1.29, 1.82) is 0 Å². The minimum atomic E-state index is -0.379. The largest absolute Gasteiger partial charge is 0.494 e. The fourth-order valence-corrected chi connectivity index (χ4v) is 3.20. The van der Waals surface area contributed by atoms with Crippen LogP contribution in [0.25, 0.3) is 0 Å². The maximum atomic E-state index is 13.3. The maximum absolute atomic E-state index is 13.3. The molecular weight excluding hydrogens is 331 g/mol. The highest BCUT2D eigenvalue weighted by molar-refractivity contribution is 9.11. The summed E-state index contributed by atoms with van der Waals surface area (Å²) in [4.78, 5) is 1.12. The summed E-state index contributed by atoms with van der Waals surface area (Å²) in [6, 6.07) is 8.66. The minimum absolute atomic E-state index is 0.00790. The van der Waals surface area contributed by atoms with Crippen LogP contribution in [0.5, 0.6) is 5.75 Å². The molecule has 1 aromatic heterocycles. The monoisotopic (exact) mass is 344 g/mol. The Hall–Kier alpha value is -1.11. The third-order valence-corrected chi connectivity index (χ3v) is 4.40. The lowest BCUT2D eigenvalue weighted by atomic mass is 10.2. The zero-order valence-electron chi connectivity index (χ0n) is 10.3. The summed E-state index contributed by atoms with van der Waals surface area (Å²) in [7, 11) is 1.44. The number of nitrogens with two attached hydrogens (primary N) is 1. The molecule has 3 nitrogen and oxygen atoms in total. The summed E-state index contributed by atoms with van der Waals surface area (Å²) >= 11 is 5.05. The van der Waals surface area contributed by atoms with Crippen LogP contribution in [0.2, 0.25) is 0 Å². The Kier molecular flexibility index (Phi) is 4.79. The first-order chi connectivity index (χ1) is 9.13. The highest BCUT2D eigenvalue weighted by atomic mass is 79.9. The predicted octanol–water partition coefficient (Wildman–Crippen LogP) is 3.77. The van der Waals surface area contributed by atoms with Gasteiger partial charge in [-0.1, -0.05) is 0 Å². The van der Waals surface area contributed by atoms with Crippen LogP contribution in [0.1, 0.15) is 10.9 Å². The van der Waals surface area contributed by atoms with Crippen LogP contribution in [0.4, 0.5) is 10.1 Å². The average molecular weight is 345 g/mol. The molecule has 1 unspecified atom stereocenters. The lowest BCUT2D eigenvalue weighted by Crippen LogP contribution is -2.19. The van der Waals surface area contributed by atoms with E-state index in [1.54, 1.807) is 23.5 Å². The molecule has 1 atom stereocenters. The Balaban J connectivity index is 2.18. The van der Waals surface area contributed by atoms with Crippen LogP contribution >= 0.6 is 27.3 Å². The van der Waals surface area contributed by atoms with Gasteiger partial charge in [0.2, 0.25) is 0 Å². The van der Waals surface area contributed by atoms with Crippen molar-refractivity contribution in [3.05, 3.63) is 44.8 Å². The van der Waals surface area contributed by atoms with Gasteiger partial charge in [-0.3, -0.25) is 0 Å². The second kappa shape index (κ2) is 6.36. The number of hydrogen-bond acceptors (Lipinski definition) is 4. The molecule has 102 valence electrons. The Morgan fingerprint density at radius 3 is 2.79 bits per heavy atom. The van der Waals surface area contributed by atoms with Gasteiger partial charge >= 0.3 is 0 Å². The molecule has 2 rings (SSSR count). The van der Waals surface area contributed by atoms with E-state index in [9.17, 15) is 4.39 Å². The van der Waals surface area contributed by atoms with Crippen molar-refractivity contribution in [2.24, 2.45) is 5.73 Å².